The van der Waals surface area contributed by atoms with Crippen LogP contribution in [0.4, 0.5) is 0 Å². The van der Waals surface area contributed by atoms with Crippen LogP contribution in [0.3, 0.4) is 0 Å². The van der Waals surface area contributed by atoms with Gasteiger partial charge in [-0.15, -0.1) is 0 Å². The van der Waals surface area contributed by atoms with E-state index in [9.17, 15) is 4.79 Å². The van der Waals surface area contributed by atoms with E-state index in [0.717, 1.165) is 38.2 Å². The van der Waals surface area contributed by atoms with Crippen molar-refractivity contribution in [2.45, 2.75) is 66.0 Å². The second-order valence-corrected chi connectivity index (χ2v) is 8.08. The Hall–Kier alpha value is -1.29. The second-order valence-electron chi connectivity index (χ2n) is 8.08. The maximum absolute atomic E-state index is 12.0. The molecule has 4 heteroatoms. The number of rotatable bonds is 7. The van der Waals surface area contributed by atoms with Gasteiger partial charge in [-0.05, 0) is 63.0 Å². The van der Waals surface area contributed by atoms with Gasteiger partial charge >= 0.3 is 0 Å². The molecule has 0 N–H and O–H groups in total. The Morgan fingerprint density at radius 3 is 2.71 bits per heavy atom. The molecule has 1 aromatic heterocycles. The highest BCUT2D eigenvalue weighted by atomic mass is 16.5. The summed E-state index contributed by atoms with van der Waals surface area (Å²) in [4.78, 5) is 13.9. The minimum Gasteiger partial charge on any atom is -0.467 e. The Morgan fingerprint density at radius 1 is 1.42 bits per heavy atom. The van der Waals surface area contributed by atoms with Gasteiger partial charge in [-0.1, -0.05) is 13.8 Å². The highest BCUT2D eigenvalue weighted by molar-refractivity contribution is 5.73. The molecule has 4 nitrogen and oxygen atoms in total. The van der Waals surface area contributed by atoms with Crippen LogP contribution < -0.4 is 0 Å². The lowest BCUT2D eigenvalue weighted by Crippen LogP contribution is -2.39. The summed E-state index contributed by atoms with van der Waals surface area (Å²) in [6.07, 6.45) is 4.94. The van der Waals surface area contributed by atoms with Gasteiger partial charge in [0.1, 0.15) is 5.76 Å². The molecule has 0 unspecified atom stereocenters. The van der Waals surface area contributed by atoms with E-state index in [1.54, 1.807) is 13.2 Å². The molecule has 0 radical (unpaired) electrons. The summed E-state index contributed by atoms with van der Waals surface area (Å²) < 4.78 is 11.3. The molecule has 1 fully saturated rings. The summed E-state index contributed by atoms with van der Waals surface area (Å²) in [5, 5.41) is 0. The van der Waals surface area contributed by atoms with E-state index in [1.807, 2.05) is 17.0 Å². The molecule has 2 atom stereocenters. The zero-order valence-electron chi connectivity index (χ0n) is 15.9. The standard InChI is InChI=1S/C20H33NO3/c1-15(2)19(17-9-12-24-20(4,5)13-17)8-10-21(16(3)22)14-18-7-6-11-23-18/h6-7,11,15,17,19H,8-10,12-14H2,1-5H3/t17-,19-/m1/s1. The fourth-order valence-corrected chi connectivity index (χ4v) is 4.00. The van der Waals surface area contributed by atoms with Crippen molar-refractivity contribution in [2.24, 2.45) is 17.8 Å². The third-order valence-corrected chi connectivity index (χ3v) is 5.30. The Kier molecular flexibility index (Phi) is 6.50. The van der Waals surface area contributed by atoms with Crippen LogP contribution in [-0.2, 0) is 16.1 Å². The van der Waals surface area contributed by atoms with Crippen molar-refractivity contribution < 1.29 is 13.9 Å². The molecule has 2 rings (SSSR count). The largest absolute Gasteiger partial charge is 0.467 e. The predicted molar refractivity (Wildman–Crippen MR) is 95.5 cm³/mol. The molecule has 136 valence electrons. The Balaban J connectivity index is 1.97. The molecule has 1 aliphatic heterocycles. The van der Waals surface area contributed by atoms with Gasteiger partial charge < -0.3 is 14.1 Å². The lowest BCUT2D eigenvalue weighted by Gasteiger charge is -2.41. The first-order valence-electron chi connectivity index (χ1n) is 9.20. The average molecular weight is 335 g/mol. The number of hydrogen-bond donors (Lipinski definition) is 0. The van der Waals surface area contributed by atoms with Crippen molar-refractivity contribution in [3.8, 4) is 0 Å². The fraction of sp³-hybridized carbons (Fsp3) is 0.750. The van der Waals surface area contributed by atoms with Crippen LogP contribution in [0.15, 0.2) is 22.8 Å². The van der Waals surface area contributed by atoms with Crippen LogP contribution >= 0.6 is 0 Å². The molecule has 0 bridgehead atoms. The van der Waals surface area contributed by atoms with E-state index in [-0.39, 0.29) is 11.5 Å². The third-order valence-electron chi connectivity index (χ3n) is 5.30. The van der Waals surface area contributed by atoms with Crippen molar-refractivity contribution in [2.75, 3.05) is 13.2 Å². The van der Waals surface area contributed by atoms with Crippen molar-refractivity contribution in [1.82, 2.24) is 4.90 Å². The third kappa shape index (κ3) is 5.37. The first-order valence-corrected chi connectivity index (χ1v) is 9.20. The van der Waals surface area contributed by atoms with Crippen LogP contribution in [0.2, 0.25) is 0 Å². The SMILES string of the molecule is CC(=O)N(CC[C@H](C(C)C)[C@@H]1CCOC(C)(C)C1)Cc1ccco1. The monoisotopic (exact) mass is 335 g/mol. The fourth-order valence-electron chi connectivity index (χ4n) is 4.00. The topological polar surface area (TPSA) is 42.7 Å². The van der Waals surface area contributed by atoms with Gasteiger partial charge in [-0.25, -0.2) is 0 Å². The van der Waals surface area contributed by atoms with Gasteiger partial charge in [0.2, 0.25) is 5.91 Å². The molecule has 24 heavy (non-hydrogen) atoms. The molecule has 0 aromatic carbocycles. The lowest BCUT2D eigenvalue weighted by atomic mass is 9.73. The number of carbonyl (C=O) groups is 1. The van der Waals surface area contributed by atoms with Crippen LogP contribution in [0.5, 0.6) is 0 Å². The molecule has 0 spiro atoms. The Bertz CT molecular complexity index is 507. The van der Waals surface area contributed by atoms with Crippen LogP contribution in [0.1, 0.15) is 59.6 Å². The molecule has 1 aromatic rings. The number of carbonyl (C=O) groups excluding carboxylic acids is 1. The molecule has 0 saturated carbocycles. The second kappa shape index (κ2) is 8.19. The molecular formula is C20H33NO3. The summed E-state index contributed by atoms with van der Waals surface area (Å²) in [5.41, 5.74) is -0.0233. The van der Waals surface area contributed by atoms with Crippen LogP contribution in [0.25, 0.3) is 0 Å². The van der Waals surface area contributed by atoms with Gasteiger partial charge in [-0.3, -0.25) is 4.79 Å². The van der Waals surface area contributed by atoms with Crippen LogP contribution in [-0.4, -0.2) is 29.6 Å². The number of furan rings is 1. The summed E-state index contributed by atoms with van der Waals surface area (Å²) in [6.45, 7) is 12.8. The summed E-state index contributed by atoms with van der Waals surface area (Å²) in [5.74, 6) is 2.86. The number of amides is 1. The van der Waals surface area contributed by atoms with Crippen molar-refractivity contribution in [1.29, 1.82) is 0 Å². The lowest BCUT2D eigenvalue weighted by molar-refractivity contribution is -0.130. The first-order chi connectivity index (χ1) is 11.3. The van der Waals surface area contributed by atoms with Gasteiger partial charge in [0, 0.05) is 20.1 Å². The van der Waals surface area contributed by atoms with Gasteiger partial charge in [0.15, 0.2) is 0 Å². The van der Waals surface area contributed by atoms with Crippen molar-refractivity contribution in [3.05, 3.63) is 24.2 Å². The summed E-state index contributed by atoms with van der Waals surface area (Å²) in [7, 11) is 0. The zero-order chi connectivity index (χ0) is 17.7. The van der Waals surface area contributed by atoms with E-state index >= 15 is 0 Å². The number of hydrogen-bond acceptors (Lipinski definition) is 3. The van der Waals surface area contributed by atoms with Crippen molar-refractivity contribution in [3.63, 3.8) is 0 Å². The van der Waals surface area contributed by atoms with Gasteiger partial charge in [-0.2, -0.15) is 0 Å². The minimum atomic E-state index is -0.0233. The molecule has 1 aliphatic rings. The normalized spacial score (nSPS) is 21.7. The first kappa shape index (κ1) is 19.0. The average Bonchev–Trinajstić information content (AvgIpc) is 2.97. The highest BCUT2D eigenvalue weighted by Gasteiger charge is 2.34. The molecular weight excluding hydrogens is 302 g/mol. The van der Waals surface area contributed by atoms with E-state index in [1.165, 1.54) is 0 Å². The summed E-state index contributed by atoms with van der Waals surface area (Å²) >= 11 is 0. The molecule has 0 aliphatic carbocycles. The highest BCUT2D eigenvalue weighted by Crippen LogP contribution is 2.38. The molecule has 1 amide bonds. The maximum atomic E-state index is 12.0. The van der Waals surface area contributed by atoms with Crippen molar-refractivity contribution >= 4 is 5.91 Å². The van der Waals surface area contributed by atoms with E-state index < -0.39 is 0 Å². The van der Waals surface area contributed by atoms with E-state index in [0.29, 0.717) is 24.3 Å². The van der Waals surface area contributed by atoms with Crippen LogP contribution in [0, 0.1) is 17.8 Å². The zero-order valence-corrected chi connectivity index (χ0v) is 15.9. The quantitative estimate of drug-likeness (QED) is 0.737. The van der Waals surface area contributed by atoms with E-state index in [4.69, 9.17) is 9.15 Å². The number of nitrogens with zero attached hydrogens (tertiary/aromatic N) is 1. The minimum absolute atomic E-state index is 0.0233. The van der Waals surface area contributed by atoms with Gasteiger partial charge in [0.25, 0.3) is 0 Å². The van der Waals surface area contributed by atoms with E-state index in [2.05, 4.69) is 27.7 Å². The molecule has 1 saturated heterocycles. The Labute approximate surface area is 146 Å². The predicted octanol–water partition coefficient (Wildman–Crippen LogP) is 4.50. The summed E-state index contributed by atoms with van der Waals surface area (Å²) in [6, 6.07) is 3.80. The maximum Gasteiger partial charge on any atom is 0.219 e. The Morgan fingerprint density at radius 2 is 2.17 bits per heavy atom. The van der Waals surface area contributed by atoms with Gasteiger partial charge in [0.05, 0.1) is 18.4 Å². The molecule has 2 heterocycles. The smallest absolute Gasteiger partial charge is 0.219 e. The number of ether oxygens (including phenoxy) is 1.